The van der Waals surface area contributed by atoms with E-state index in [9.17, 15) is 0 Å². The molecule has 2 aromatic heterocycles. The lowest BCUT2D eigenvalue weighted by molar-refractivity contribution is -0.0392. The molecule has 0 aromatic carbocycles. The predicted molar refractivity (Wildman–Crippen MR) is 96.1 cm³/mol. The fourth-order valence-electron chi connectivity index (χ4n) is 4.26. The summed E-state index contributed by atoms with van der Waals surface area (Å²) in [6.45, 7) is 5.67. The molecule has 0 spiro atoms. The number of hydrogen-bond acceptors (Lipinski definition) is 5. The monoisotopic (exact) mass is 341 g/mol. The number of ether oxygens (including phenoxy) is 1. The summed E-state index contributed by atoms with van der Waals surface area (Å²) in [7, 11) is 2.18. The quantitative estimate of drug-likeness (QED) is 0.836. The summed E-state index contributed by atoms with van der Waals surface area (Å²) >= 11 is 0. The van der Waals surface area contributed by atoms with Crippen molar-refractivity contribution in [3.63, 3.8) is 0 Å². The van der Waals surface area contributed by atoms with E-state index in [1.165, 1.54) is 6.42 Å². The Hall–Kier alpha value is -1.69. The average molecular weight is 341 g/mol. The third-order valence-corrected chi connectivity index (χ3v) is 5.47. The molecule has 0 aliphatic carbocycles. The van der Waals surface area contributed by atoms with Gasteiger partial charge in [0.05, 0.1) is 30.6 Å². The molecule has 25 heavy (non-hydrogen) atoms. The number of aryl methyl sites for hydroxylation is 1. The van der Waals surface area contributed by atoms with Crippen LogP contribution in [-0.4, -0.2) is 53.2 Å². The fourth-order valence-corrected chi connectivity index (χ4v) is 4.26. The zero-order valence-corrected chi connectivity index (χ0v) is 15.1. The Bertz CT molecular complexity index is 688. The lowest BCUT2D eigenvalue weighted by Gasteiger charge is -2.34. The Morgan fingerprint density at radius 1 is 1.28 bits per heavy atom. The maximum Gasteiger partial charge on any atom is 0.117 e. The highest BCUT2D eigenvalue weighted by Gasteiger charge is 2.45. The molecular formula is C20H27N3O2. The first-order chi connectivity index (χ1) is 12.2. The van der Waals surface area contributed by atoms with E-state index in [0.717, 1.165) is 49.8 Å². The fraction of sp³-hybridized carbons (Fsp3) is 0.550. The second-order valence-electron chi connectivity index (χ2n) is 7.31. The first-order valence-electron chi connectivity index (χ1n) is 9.21. The van der Waals surface area contributed by atoms with E-state index in [-0.39, 0.29) is 6.10 Å². The molecule has 0 saturated carbocycles. The minimum absolute atomic E-state index is 0.276. The lowest BCUT2D eigenvalue weighted by Crippen LogP contribution is -2.46. The van der Waals surface area contributed by atoms with Crippen LogP contribution in [0.3, 0.4) is 0 Å². The number of likely N-dealkylation sites (tertiary alicyclic amines) is 1. The van der Waals surface area contributed by atoms with Crippen molar-refractivity contribution < 1.29 is 9.15 Å². The van der Waals surface area contributed by atoms with Gasteiger partial charge in [-0.1, -0.05) is 6.07 Å². The Kier molecular flexibility index (Phi) is 4.88. The smallest absolute Gasteiger partial charge is 0.117 e. The van der Waals surface area contributed by atoms with Gasteiger partial charge in [-0.15, -0.1) is 0 Å². The van der Waals surface area contributed by atoms with Crippen LogP contribution in [0.4, 0.5) is 0 Å². The van der Waals surface area contributed by atoms with Crippen molar-refractivity contribution in [2.24, 2.45) is 0 Å². The topological polar surface area (TPSA) is 41.7 Å². The van der Waals surface area contributed by atoms with Gasteiger partial charge in [-0.25, -0.2) is 0 Å². The molecule has 0 radical (unpaired) electrons. The van der Waals surface area contributed by atoms with E-state index in [4.69, 9.17) is 14.1 Å². The van der Waals surface area contributed by atoms with Gasteiger partial charge in [-0.05, 0) is 51.1 Å². The van der Waals surface area contributed by atoms with Crippen molar-refractivity contribution >= 4 is 0 Å². The molecule has 2 aliphatic rings. The number of hydrogen-bond donors (Lipinski definition) is 0. The van der Waals surface area contributed by atoms with Gasteiger partial charge in [0.2, 0.25) is 0 Å². The molecule has 3 atom stereocenters. The molecule has 5 nitrogen and oxygen atoms in total. The predicted octanol–water partition coefficient (Wildman–Crippen LogP) is 2.85. The molecule has 0 N–H and O–H groups in total. The van der Waals surface area contributed by atoms with Gasteiger partial charge in [0, 0.05) is 31.4 Å². The summed E-state index contributed by atoms with van der Waals surface area (Å²) in [5.41, 5.74) is 2.23. The van der Waals surface area contributed by atoms with Crippen LogP contribution in [-0.2, 0) is 17.8 Å². The summed E-state index contributed by atoms with van der Waals surface area (Å²) in [4.78, 5) is 9.64. The van der Waals surface area contributed by atoms with Crippen LogP contribution in [0.5, 0.6) is 0 Å². The first kappa shape index (κ1) is 16.8. The highest BCUT2D eigenvalue weighted by Crippen LogP contribution is 2.32. The molecule has 2 aromatic rings. The summed E-state index contributed by atoms with van der Waals surface area (Å²) in [6.07, 6.45) is 4.38. The number of aromatic nitrogens is 1. The van der Waals surface area contributed by atoms with Crippen molar-refractivity contribution in [1.82, 2.24) is 14.8 Å². The van der Waals surface area contributed by atoms with Crippen LogP contribution in [0, 0.1) is 6.92 Å². The third kappa shape index (κ3) is 3.64. The molecule has 2 fully saturated rings. The van der Waals surface area contributed by atoms with Crippen molar-refractivity contribution in [3.05, 3.63) is 53.7 Å². The molecule has 2 unspecified atom stereocenters. The standard InChI is InChI=1S/C20H27N3O2/c1-15-6-3-7-16(21-15)12-23-14-19(20-18(23)9-5-11-25-20)22(2)13-17-8-4-10-24-17/h3-4,6-8,10,18-20H,5,9,11-14H2,1-2H3/t18?,19-,20?/m0/s1. The van der Waals surface area contributed by atoms with E-state index in [1.54, 1.807) is 6.26 Å². The van der Waals surface area contributed by atoms with Crippen molar-refractivity contribution in [2.75, 3.05) is 20.2 Å². The highest BCUT2D eigenvalue weighted by atomic mass is 16.5. The SMILES string of the molecule is Cc1cccc(CN2C[C@H](N(C)Cc3ccco3)C3OCCCC32)n1. The number of furan rings is 1. The van der Waals surface area contributed by atoms with Crippen molar-refractivity contribution in [2.45, 2.75) is 51.0 Å². The number of fused-ring (bicyclic) bond motifs is 1. The number of pyridine rings is 1. The molecular weight excluding hydrogens is 314 g/mol. The normalized spacial score (nSPS) is 26.9. The second kappa shape index (κ2) is 7.28. The van der Waals surface area contributed by atoms with Gasteiger partial charge < -0.3 is 9.15 Å². The van der Waals surface area contributed by atoms with E-state index >= 15 is 0 Å². The van der Waals surface area contributed by atoms with Gasteiger partial charge in [0.25, 0.3) is 0 Å². The number of likely N-dealkylation sites (N-methyl/N-ethyl adjacent to an activating group) is 1. The van der Waals surface area contributed by atoms with Crippen molar-refractivity contribution in [3.8, 4) is 0 Å². The molecule has 4 rings (SSSR count). The molecule has 134 valence electrons. The second-order valence-corrected chi connectivity index (χ2v) is 7.31. The van der Waals surface area contributed by atoms with E-state index in [1.807, 2.05) is 12.1 Å². The molecule has 5 heteroatoms. The Morgan fingerprint density at radius 2 is 2.20 bits per heavy atom. The first-order valence-corrected chi connectivity index (χ1v) is 9.21. The van der Waals surface area contributed by atoms with E-state index < -0.39 is 0 Å². The zero-order valence-electron chi connectivity index (χ0n) is 15.1. The minimum atomic E-state index is 0.276. The summed E-state index contributed by atoms with van der Waals surface area (Å²) in [5, 5.41) is 0. The molecule has 2 saturated heterocycles. The summed E-state index contributed by atoms with van der Waals surface area (Å²) < 4.78 is 11.7. The number of nitrogens with zero attached hydrogens (tertiary/aromatic N) is 3. The van der Waals surface area contributed by atoms with Crippen molar-refractivity contribution in [1.29, 1.82) is 0 Å². The summed E-state index contributed by atoms with van der Waals surface area (Å²) in [5.74, 6) is 1.01. The maximum absolute atomic E-state index is 6.21. The van der Waals surface area contributed by atoms with Crippen LogP contribution in [0.25, 0.3) is 0 Å². The van der Waals surface area contributed by atoms with Gasteiger partial charge in [0.1, 0.15) is 5.76 Å². The molecule has 0 amide bonds. The van der Waals surface area contributed by atoms with Crippen LogP contribution in [0.15, 0.2) is 41.0 Å². The van der Waals surface area contributed by atoms with Crippen LogP contribution in [0.1, 0.15) is 30.0 Å². The lowest BCUT2D eigenvalue weighted by atomic mass is 10.00. The summed E-state index contributed by atoms with van der Waals surface area (Å²) in [6, 6.07) is 11.2. The molecule has 2 aliphatic heterocycles. The van der Waals surface area contributed by atoms with Crippen LogP contribution >= 0.6 is 0 Å². The number of rotatable bonds is 5. The van der Waals surface area contributed by atoms with Gasteiger partial charge >= 0.3 is 0 Å². The maximum atomic E-state index is 6.21. The van der Waals surface area contributed by atoms with Crippen LogP contribution in [0.2, 0.25) is 0 Å². The Morgan fingerprint density at radius 3 is 3.00 bits per heavy atom. The Labute approximate surface area is 149 Å². The zero-order chi connectivity index (χ0) is 17.2. The third-order valence-electron chi connectivity index (χ3n) is 5.47. The highest BCUT2D eigenvalue weighted by molar-refractivity contribution is 5.12. The largest absolute Gasteiger partial charge is 0.468 e. The van der Waals surface area contributed by atoms with Gasteiger partial charge in [-0.3, -0.25) is 14.8 Å². The molecule has 0 bridgehead atoms. The Balaban J connectivity index is 1.49. The van der Waals surface area contributed by atoms with Crippen LogP contribution < -0.4 is 0 Å². The van der Waals surface area contributed by atoms with E-state index in [2.05, 4.69) is 42.0 Å². The van der Waals surface area contributed by atoms with Gasteiger partial charge in [-0.2, -0.15) is 0 Å². The van der Waals surface area contributed by atoms with E-state index in [0.29, 0.717) is 12.1 Å². The molecule has 4 heterocycles. The van der Waals surface area contributed by atoms with Gasteiger partial charge in [0.15, 0.2) is 0 Å². The minimum Gasteiger partial charge on any atom is -0.468 e. The average Bonchev–Trinajstić information content (AvgIpc) is 3.23.